The van der Waals surface area contributed by atoms with Crippen LogP contribution < -0.4 is 16.1 Å². The fourth-order valence-corrected chi connectivity index (χ4v) is 6.03. The summed E-state index contributed by atoms with van der Waals surface area (Å²) in [7, 11) is 0. The minimum Gasteiger partial charge on any atom is -0.392 e. The number of carbonyl (C=O) groups is 3. The molecule has 1 heterocycles. The predicted octanol–water partition coefficient (Wildman–Crippen LogP) is 5.94. The normalized spacial score (nSPS) is 17.7. The van der Waals surface area contributed by atoms with Gasteiger partial charge in [0.2, 0.25) is 17.7 Å². The van der Waals surface area contributed by atoms with E-state index in [4.69, 9.17) is 14.7 Å². The highest BCUT2D eigenvalue weighted by Gasteiger charge is 2.32. The van der Waals surface area contributed by atoms with Crippen LogP contribution in [-0.4, -0.2) is 39.9 Å². The molecule has 0 saturated carbocycles. The van der Waals surface area contributed by atoms with E-state index in [9.17, 15) is 19.5 Å². The Kier molecular flexibility index (Phi) is 14.1. The predicted molar refractivity (Wildman–Crippen MR) is 176 cm³/mol. The highest BCUT2D eigenvalue weighted by Crippen LogP contribution is 2.39. The van der Waals surface area contributed by atoms with Gasteiger partial charge in [0.25, 0.3) is 0 Å². The molecule has 1 aliphatic heterocycles. The molecule has 3 aromatic rings. The Morgan fingerprint density at radius 1 is 0.804 bits per heavy atom. The minimum atomic E-state index is -0.573. The lowest BCUT2D eigenvalue weighted by Crippen LogP contribution is -2.31. The first-order valence-corrected chi connectivity index (χ1v) is 16.6. The molecule has 3 amide bonds. The number of rotatable bonds is 16. The van der Waals surface area contributed by atoms with Crippen LogP contribution in [0.3, 0.4) is 0 Å². The largest absolute Gasteiger partial charge is 0.392 e. The number of hydroxylamine groups is 1. The number of benzene rings is 3. The van der Waals surface area contributed by atoms with Gasteiger partial charge in [-0.2, -0.15) is 0 Å². The molecule has 1 aliphatic rings. The summed E-state index contributed by atoms with van der Waals surface area (Å²) in [5, 5.41) is 23.8. The maximum absolute atomic E-state index is 12.3. The summed E-state index contributed by atoms with van der Waals surface area (Å²) in [6.45, 7) is 1.89. The summed E-state index contributed by atoms with van der Waals surface area (Å²) in [6.07, 6.45) is 3.63. The van der Waals surface area contributed by atoms with Gasteiger partial charge in [0, 0.05) is 54.6 Å². The van der Waals surface area contributed by atoms with E-state index in [1.54, 1.807) is 17.2 Å². The highest BCUT2D eigenvalue weighted by atomic mass is 32.2. The monoisotopic (exact) mass is 649 g/mol. The van der Waals surface area contributed by atoms with Crippen LogP contribution in [0.1, 0.15) is 86.5 Å². The zero-order chi connectivity index (χ0) is 32.7. The standard InChI is InChI=1S/C35H43N3O7S/c1-24(40)37-29-16-18-31(19-17-29)46-23-30-20-32(27-12-10-26(22-39)11-13-27)45-35(44-30)28-14-8-25(9-15-28)21-36-33(41)6-4-2-3-5-7-34(42)38-43/h8-19,30,32,35,39,43H,2-7,20-23H2,1H3,(H,36,41)(H,37,40)(H,38,42)/t30-,32+,35+/m0/s1. The molecule has 0 radical (unpaired) electrons. The summed E-state index contributed by atoms with van der Waals surface area (Å²) in [4.78, 5) is 35.8. The average molecular weight is 650 g/mol. The number of anilines is 1. The Hall–Kier alpha value is -3.74. The van der Waals surface area contributed by atoms with Crippen LogP contribution in [0, 0.1) is 0 Å². The zero-order valence-corrected chi connectivity index (χ0v) is 26.9. The molecular weight excluding hydrogens is 606 g/mol. The molecule has 46 heavy (non-hydrogen) atoms. The molecule has 0 bridgehead atoms. The van der Waals surface area contributed by atoms with E-state index in [2.05, 4.69) is 10.6 Å². The van der Waals surface area contributed by atoms with Crippen LogP contribution in [0.2, 0.25) is 0 Å². The van der Waals surface area contributed by atoms with Crippen LogP contribution >= 0.6 is 11.8 Å². The number of carbonyl (C=O) groups excluding carboxylic acids is 3. The third-order valence-corrected chi connectivity index (χ3v) is 8.79. The molecule has 3 aromatic carbocycles. The lowest BCUT2D eigenvalue weighted by atomic mass is 10.0. The maximum Gasteiger partial charge on any atom is 0.243 e. The van der Waals surface area contributed by atoms with Gasteiger partial charge in [-0.15, -0.1) is 11.8 Å². The molecule has 246 valence electrons. The van der Waals surface area contributed by atoms with E-state index >= 15 is 0 Å². The third kappa shape index (κ3) is 11.6. The smallest absolute Gasteiger partial charge is 0.243 e. The molecule has 5 N–H and O–H groups in total. The highest BCUT2D eigenvalue weighted by molar-refractivity contribution is 7.99. The van der Waals surface area contributed by atoms with Crippen molar-refractivity contribution in [2.24, 2.45) is 0 Å². The topological polar surface area (TPSA) is 146 Å². The maximum atomic E-state index is 12.3. The number of aliphatic hydroxyl groups is 1. The summed E-state index contributed by atoms with van der Waals surface area (Å²) >= 11 is 1.69. The van der Waals surface area contributed by atoms with E-state index in [1.165, 1.54) is 6.92 Å². The SMILES string of the molecule is CC(=O)Nc1ccc(SC[C@@H]2C[C@H](c3ccc(CO)cc3)O[C@H](c3ccc(CNC(=O)CCCCCCC(=O)NO)cc3)O2)cc1. The van der Waals surface area contributed by atoms with Gasteiger partial charge < -0.3 is 25.2 Å². The van der Waals surface area contributed by atoms with Crippen LogP contribution in [0.15, 0.2) is 77.7 Å². The molecule has 1 fully saturated rings. The van der Waals surface area contributed by atoms with Gasteiger partial charge in [-0.25, -0.2) is 5.48 Å². The number of nitrogens with one attached hydrogen (secondary N) is 3. The fourth-order valence-electron chi connectivity index (χ4n) is 5.11. The summed E-state index contributed by atoms with van der Waals surface area (Å²) < 4.78 is 12.9. The van der Waals surface area contributed by atoms with Crippen molar-refractivity contribution in [1.29, 1.82) is 0 Å². The molecular formula is C35H43N3O7S. The van der Waals surface area contributed by atoms with Crippen LogP contribution in [0.5, 0.6) is 0 Å². The lowest BCUT2D eigenvalue weighted by molar-refractivity contribution is -0.245. The molecule has 0 unspecified atom stereocenters. The van der Waals surface area contributed by atoms with E-state index < -0.39 is 6.29 Å². The van der Waals surface area contributed by atoms with Gasteiger partial charge >= 0.3 is 0 Å². The molecule has 3 atom stereocenters. The number of hydrogen-bond acceptors (Lipinski definition) is 8. The van der Waals surface area contributed by atoms with Gasteiger partial charge in [-0.05, 0) is 53.8 Å². The van der Waals surface area contributed by atoms with Crippen LogP contribution in [-0.2, 0) is 37.0 Å². The summed E-state index contributed by atoms with van der Waals surface area (Å²) in [6, 6.07) is 23.4. The third-order valence-electron chi connectivity index (χ3n) is 7.65. The molecule has 0 spiro atoms. The van der Waals surface area contributed by atoms with Gasteiger partial charge in [0.15, 0.2) is 6.29 Å². The number of unbranched alkanes of at least 4 members (excludes halogenated alkanes) is 3. The molecule has 1 saturated heterocycles. The van der Waals surface area contributed by atoms with Crippen molar-refractivity contribution in [3.05, 3.63) is 95.1 Å². The average Bonchev–Trinajstić information content (AvgIpc) is 3.08. The minimum absolute atomic E-state index is 0.0161. The van der Waals surface area contributed by atoms with Gasteiger partial charge in [-0.1, -0.05) is 61.4 Å². The van der Waals surface area contributed by atoms with Gasteiger partial charge in [0.1, 0.15) is 0 Å². The van der Waals surface area contributed by atoms with E-state index in [0.717, 1.165) is 52.1 Å². The second-order valence-electron chi connectivity index (χ2n) is 11.3. The van der Waals surface area contributed by atoms with Gasteiger partial charge in [0.05, 0.1) is 18.8 Å². The molecule has 10 nitrogen and oxygen atoms in total. The Labute approximate surface area is 274 Å². The quantitative estimate of drug-likeness (QED) is 0.0555. The van der Waals surface area contributed by atoms with E-state index in [0.29, 0.717) is 31.6 Å². The van der Waals surface area contributed by atoms with Crippen molar-refractivity contribution in [3.8, 4) is 0 Å². The summed E-state index contributed by atoms with van der Waals surface area (Å²) in [5.74, 6) is 0.203. The second-order valence-corrected chi connectivity index (χ2v) is 12.4. The molecule has 0 aromatic heterocycles. The van der Waals surface area contributed by atoms with Crippen molar-refractivity contribution >= 4 is 35.2 Å². The number of thioether (sulfide) groups is 1. The molecule has 11 heteroatoms. The van der Waals surface area contributed by atoms with Crippen molar-refractivity contribution in [3.63, 3.8) is 0 Å². The Balaban J connectivity index is 1.32. The van der Waals surface area contributed by atoms with E-state index in [1.807, 2.05) is 72.8 Å². The summed E-state index contributed by atoms with van der Waals surface area (Å²) in [5.41, 5.74) is 6.10. The number of ether oxygens (including phenoxy) is 2. The zero-order valence-electron chi connectivity index (χ0n) is 26.1. The van der Waals surface area contributed by atoms with Crippen molar-refractivity contribution in [1.82, 2.24) is 10.8 Å². The van der Waals surface area contributed by atoms with Crippen LogP contribution in [0.4, 0.5) is 5.69 Å². The fraction of sp³-hybridized carbons (Fsp3) is 0.400. The lowest BCUT2D eigenvalue weighted by Gasteiger charge is -2.36. The number of hydrogen-bond donors (Lipinski definition) is 5. The van der Waals surface area contributed by atoms with E-state index in [-0.39, 0.29) is 43.0 Å². The van der Waals surface area contributed by atoms with Crippen molar-refractivity contribution in [2.45, 2.75) is 88.4 Å². The molecule has 0 aliphatic carbocycles. The first-order chi connectivity index (χ1) is 22.3. The van der Waals surface area contributed by atoms with Crippen molar-refractivity contribution < 1.29 is 34.2 Å². The second kappa shape index (κ2) is 18.4. The Bertz CT molecular complexity index is 1400. The first kappa shape index (κ1) is 35.1. The number of amides is 3. The van der Waals surface area contributed by atoms with Crippen molar-refractivity contribution in [2.75, 3.05) is 11.1 Å². The number of aliphatic hydroxyl groups excluding tert-OH is 1. The van der Waals surface area contributed by atoms with Crippen LogP contribution in [0.25, 0.3) is 0 Å². The Morgan fingerprint density at radius 3 is 2.07 bits per heavy atom. The Morgan fingerprint density at radius 2 is 1.43 bits per heavy atom. The first-order valence-electron chi connectivity index (χ1n) is 15.6. The van der Waals surface area contributed by atoms with Gasteiger partial charge in [-0.3, -0.25) is 19.6 Å². The molecule has 4 rings (SSSR count).